The summed E-state index contributed by atoms with van der Waals surface area (Å²) in [6.07, 6.45) is 0. The Kier molecular flexibility index (Phi) is 6.18. The smallest absolute Gasteiger partial charge is 0.337 e. The molecule has 108 valence electrons. The predicted molar refractivity (Wildman–Crippen MR) is 71.7 cm³/mol. The van der Waals surface area contributed by atoms with Gasteiger partial charge >= 0.3 is 5.97 Å². The molecule has 20 heavy (non-hydrogen) atoms. The highest BCUT2D eigenvalue weighted by molar-refractivity contribution is 5.89. The molecule has 4 N–H and O–H groups in total. The van der Waals surface area contributed by atoms with Crippen LogP contribution in [0.25, 0.3) is 0 Å². The van der Waals surface area contributed by atoms with Gasteiger partial charge in [-0.1, -0.05) is 12.1 Å². The van der Waals surface area contributed by atoms with Crippen LogP contribution in [-0.4, -0.2) is 38.0 Å². The number of hydrogen-bond donors (Lipinski definition) is 3. The highest BCUT2D eigenvalue weighted by atomic mass is 16.5. The van der Waals surface area contributed by atoms with Crippen LogP contribution in [0.3, 0.4) is 0 Å². The first-order valence-corrected chi connectivity index (χ1v) is 5.97. The SMILES string of the molecule is COC(=O)c1ccc(CNC(=O)CNC(=O)CN)cc1. The summed E-state index contributed by atoms with van der Waals surface area (Å²) in [6, 6.07) is 6.66. The fraction of sp³-hybridized carbons (Fsp3) is 0.308. The molecule has 1 aromatic rings. The average Bonchev–Trinajstić information content (AvgIpc) is 2.50. The van der Waals surface area contributed by atoms with E-state index in [0.717, 1.165) is 5.56 Å². The van der Waals surface area contributed by atoms with Crippen LogP contribution >= 0.6 is 0 Å². The molecular weight excluding hydrogens is 262 g/mol. The largest absolute Gasteiger partial charge is 0.465 e. The summed E-state index contributed by atoms with van der Waals surface area (Å²) < 4.78 is 4.58. The van der Waals surface area contributed by atoms with Gasteiger partial charge in [0, 0.05) is 6.54 Å². The minimum Gasteiger partial charge on any atom is -0.465 e. The molecule has 7 nitrogen and oxygen atoms in total. The number of benzene rings is 1. The van der Waals surface area contributed by atoms with Crippen LogP contribution in [0.15, 0.2) is 24.3 Å². The van der Waals surface area contributed by atoms with Gasteiger partial charge in [0.1, 0.15) is 0 Å². The lowest BCUT2D eigenvalue weighted by Gasteiger charge is -2.07. The molecule has 0 heterocycles. The van der Waals surface area contributed by atoms with Crippen LogP contribution in [0.1, 0.15) is 15.9 Å². The summed E-state index contributed by atoms with van der Waals surface area (Å²) in [4.78, 5) is 33.5. The van der Waals surface area contributed by atoms with Crippen molar-refractivity contribution in [3.05, 3.63) is 35.4 Å². The number of carbonyl (C=O) groups is 3. The third-order valence-corrected chi connectivity index (χ3v) is 2.50. The monoisotopic (exact) mass is 279 g/mol. The van der Waals surface area contributed by atoms with Crippen molar-refractivity contribution in [2.24, 2.45) is 5.73 Å². The molecule has 0 atom stereocenters. The van der Waals surface area contributed by atoms with Gasteiger partial charge in [-0.2, -0.15) is 0 Å². The first-order chi connectivity index (χ1) is 9.56. The van der Waals surface area contributed by atoms with E-state index in [2.05, 4.69) is 15.4 Å². The minimum atomic E-state index is -0.412. The summed E-state index contributed by atoms with van der Waals surface area (Å²) in [6.45, 7) is 0.0390. The number of rotatable bonds is 6. The second kappa shape index (κ2) is 7.90. The van der Waals surface area contributed by atoms with E-state index in [1.54, 1.807) is 24.3 Å². The van der Waals surface area contributed by atoms with Crippen LogP contribution < -0.4 is 16.4 Å². The van der Waals surface area contributed by atoms with Gasteiger partial charge < -0.3 is 21.1 Å². The maximum absolute atomic E-state index is 11.4. The third-order valence-electron chi connectivity index (χ3n) is 2.50. The number of esters is 1. The van der Waals surface area contributed by atoms with Crippen LogP contribution in [0, 0.1) is 0 Å². The second-order valence-corrected chi connectivity index (χ2v) is 3.95. The summed E-state index contributed by atoms with van der Waals surface area (Å²) >= 11 is 0. The Bertz CT molecular complexity index is 485. The molecule has 2 amide bonds. The summed E-state index contributed by atoms with van der Waals surface area (Å²) in [5, 5.41) is 4.99. The van der Waals surface area contributed by atoms with Crippen LogP contribution in [0.4, 0.5) is 0 Å². The lowest BCUT2D eigenvalue weighted by atomic mass is 10.1. The van der Waals surface area contributed by atoms with Crippen LogP contribution in [-0.2, 0) is 20.9 Å². The number of amides is 2. The molecular formula is C13H17N3O4. The van der Waals surface area contributed by atoms with Gasteiger partial charge in [-0.25, -0.2) is 4.79 Å². The van der Waals surface area contributed by atoms with Crippen LogP contribution in [0.2, 0.25) is 0 Å². The number of hydrogen-bond acceptors (Lipinski definition) is 5. The first kappa shape index (κ1) is 15.6. The molecule has 0 aliphatic carbocycles. The fourth-order valence-electron chi connectivity index (χ4n) is 1.39. The van der Waals surface area contributed by atoms with Gasteiger partial charge in [-0.15, -0.1) is 0 Å². The number of carbonyl (C=O) groups excluding carboxylic acids is 3. The Morgan fingerprint density at radius 3 is 2.30 bits per heavy atom. The van der Waals surface area contributed by atoms with Gasteiger partial charge in [-0.3, -0.25) is 9.59 Å². The molecule has 0 saturated heterocycles. The quantitative estimate of drug-likeness (QED) is 0.588. The maximum atomic E-state index is 11.4. The van der Waals surface area contributed by atoms with Crippen LogP contribution in [0.5, 0.6) is 0 Å². The molecule has 1 aromatic carbocycles. The fourth-order valence-corrected chi connectivity index (χ4v) is 1.39. The van der Waals surface area contributed by atoms with Gasteiger partial charge in [-0.05, 0) is 17.7 Å². The summed E-state index contributed by atoms with van der Waals surface area (Å²) in [7, 11) is 1.31. The molecule has 0 aliphatic heterocycles. The number of nitrogens with two attached hydrogens (primary N) is 1. The molecule has 1 rings (SSSR count). The Hall–Kier alpha value is -2.41. The van der Waals surface area contributed by atoms with E-state index in [1.165, 1.54) is 7.11 Å². The van der Waals surface area contributed by atoms with Crippen molar-refractivity contribution in [3.8, 4) is 0 Å². The second-order valence-electron chi connectivity index (χ2n) is 3.95. The normalized spacial score (nSPS) is 9.70. The van der Waals surface area contributed by atoms with Crippen molar-refractivity contribution in [3.63, 3.8) is 0 Å². The number of methoxy groups -OCH3 is 1. The van der Waals surface area contributed by atoms with E-state index in [0.29, 0.717) is 12.1 Å². The van der Waals surface area contributed by atoms with Gasteiger partial charge in [0.15, 0.2) is 0 Å². The lowest BCUT2D eigenvalue weighted by Crippen LogP contribution is -2.39. The average molecular weight is 279 g/mol. The number of ether oxygens (including phenoxy) is 1. The predicted octanol–water partition coefficient (Wildman–Crippen LogP) is -0.836. The van der Waals surface area contributed by atoms with E-state index in [9.17, 15) is 14.4 Å². The zero-order valence-electron chi connectivity index (χ0n) is 11.1. The summed E-state index contributed by atoms with van der Waals surface area (Å²) in [5.41, 5.74) is 6.36. The Labute approximate surface area is 116 Å². The molecule has 0 fully saturated rings. The van der Waals surface area contributed by atoms with Crippen molar-refractivity contribution in [1.82, 2.24) is 10.6 Å². The van der Waals surface area contributed by atoms with Crippen molar-refractivity contribution in [2.75, 3.05) is 20.2 Å². The Morgan fingerprint density at radius 2 is 1.75 bits per heavy atom. The van der Waals surface area contributed by atoms with Gasteiger partial charge in [0.25, 0.3) is 0 Å². The van der Waals surface area contributed by atoms with Crippen molar-refractivity contribution in [2.45, 2.75) is 6.54 Å². The summed E-state index contributed by atoms with van der Waals surface area (Å²) in [5.74, 6) is -1.11. The minimum absolute atomic E-state index is 0.115. The zero-order chi connectivity index (χ0) is 15.0. The molecule has 0 bridgehead atoms. The van der Waals surface area contributed by atoms with Crippen molar-refractivity contribution < 1.29 is 19.1 Å². The van der Waals surface area contributed by atoms with Crippen molar-refractivity contribution in [1.29, 1.82) is 0 Å². The third kappa shape index (κ3) is 5.07. The molecule has 0 saturated carbocycles. The zero-order valence-corrected chi connectivity index (χ0v) is 11.1. The van der Waals surface area contributed by atoms with E-state index >= 15 is 0 Å². The van der Waals surface area contributed by atoms with Gasteiger partial charge in [0.05, 0.1) is 25.8 Å². The molecule has 7 heteroatoms. The van der Waals surface area contributed by atoms with E-state index in [1.807, 2.05) is 0 Å². The molecule has 0 radical (unpaired) electrons. The standard InChI is InChI=1S/C13H17N3O4/c1-20-13(19)10-4-2-9(3-5-10)7-15-12(18)8-16-11(17)6-14/h2-5H,6-8,14H2,1H3,(H,15,18)(H,16,17). The molecule has 0 aliphatic rings. The van der Waals surface area contributed by atoms with Crippen molar-refractivity contribution >= 4 is 17.8 Å². The Morgan fingerprint density at radius 1 is 1.10 bits per heavy atom. The molecule has 0 spiro atoms. The van der Waals surface area contributed by atoms with Gasteiger partial charge in [0.2, 0.25) is 11.8 Å². The molecule has 0 unspecified atom stereocenters. The number of nitrogens with one attached hydrogen (secondary N) is 2. The molecule has 0 aromatic heterocycles. The van der Waals surface area contributed by atoms with E-state index in [-0.39, 0.29) is 24.9 Å². The first-order valence-electron chi connectivity index (χ1n) is 5.97. The lowest BCUT2D eigenvalue weighted by molar-refractivity contribution is -0.125. The highest BCUT2D eigenvalue weighted by Gasteiger charge is 2.06. The highest BCUT2D eigenvalue weighted by Crippen LogP contribution is 2.05. The van der Waals surface area contributed by atoms with E-state index in [4.69, 9.17) is 5.73 Å². The Balaban J connectivity index is 2.40. The topological polar surface area (TPSA) is 111 Å². The van der Waals surface area contributed by atoms with E-state index < -0.39 is 5.97 Å². The maximum Gasteiger partial charge on any atom is 0.337 e.